The van der Waals surface area contributed by atoms with Crippen LogP contribution in [-0.4, -0.2) is 66.8 Å². The van der Waals surface area contributed by atoms with Crippen molar-refractivity contribution in [3.63, 3.8) is 0 Å². The van der Waals surface area contributed by atoms with Gasteiger partial charge in [0.2, 0.25) is 0 Å². The molecular weight excluding hydrogens is 356 g/mol. The van der Waals surface area contributed by atoms with Crippen LogP contribution in [0.1, 0.15) is 32.3 Å². The van der Waals surface area contributed by atoms with Gasteiger partial charge in [-0.3, -0.25) is 14.6 Å². The van der Waals surface area contributed by atoms with Crippen LogP contribution in [0, 0.1) is 0 Å². The Bertz CT molecular complexity index is 603. The van der Waals surface area contributed by atoms with Crippen LogP contribution in [0.5, 0.6) is 11.5 Å². The Morgan fingerprint density at radius 1 is 1.35 bits per heavy atom. The number of methoxy groups -OCH3 is 1. The van der Waals surface area contributed by atoms with E-state index < -0.39 is 5.97 Å². The highest BCUT2D eigenvalue weighted by Gasteiger charge is 2.25. The third kappa shape index (κ3) is 5.50. The molecule has 6 nitrogen and oxygen atoms in total. The first kappa shape index (κ1) is 20.8. The van der Waals surface area contributed by atoms with Gasteiger partial charge in [-0.25, -0.2) is 0 Å². The minimum absolute atomic E-state index is 0.118. The van der Waals surface area contributed by atoms with E-state index in [1.807, 2.05) is 26.0 Å². The highest BCUT2D eigenvalue weighted by atomic mass is 35.5. The SMILES string of the molecule is CCOc1cc(CN2CCC(N(CC)CC(=O)O)CC2)cc(Cl)c1OC. The van der Waals surface area contributed by atoms with Gasteiger partial charge in [0.15, 0.2) is 11.5 Å². The molecule has 0 aliphatic carbocycles. The number of benzene rings is 1. The molecule has 1 aromatic rings. The lowest BCUT2D eigenvalue weighted by Crippen LogP contribution is -2.46. The van der Waals surface area contributed by atoms with Gasteiger partial charge < -0.3 is 14.6 Å². The topological polar surface area (TPSA) is 62.2 Å². The normalized spacial score (nSPS) is 16.0. The van der Waals surface area contributed by atoms with Crippen molar-refractivity contribution in [1.82, 2.24) is 9.80 Å². The summed E-state index contributed by atoms with van der Waals surface area (Å²) in [6.45, 7) is 8.06. The molecule has 146 valence electrons. The van der Waals surface area contributed by atoms with E-state index in [4.69, 9.17) is 26.2 Å². The number of likely N-dealkylation sites (tertiary alicyclic amines) is 1. The second-order valence-corrected chi connectivity index (χ2v) is 6.91. The standard InChI is InChI=1S/C19H29ClN2O4/c1-4-22(13-18(23)24)15-6-8-21(9-7-15)12-14-10-16(20)19(25-3)17(11-14)26-5-2/h10-11,15H,4-9,12-13H2,1-3H3,(H,23,24). The molecule has 0 unspecified atom stereocenters. The average molecular weight is 385 g/mol. The number of carbonyl (C=O) groups is 1. The monoisotopic (exact) mass is 384 g/mol. The van der Waals surface area contributed by atoms with Gasteiger partial charge in [-0.15, -0.1) is 0 Å². The van der Waals surface area contributed by atoms with E-state index in [1.165, 1.54) is 0 Å². The molecule has 1 aliphatic heterocycles. The third-order valence-electron chi connectivity index (χ3n) is 4.80. The lowest BCUT2D eigenvalue weighted by Gasteiger charge is -2.37. The predicted molar refractivity (Wildman–Crippen MR) is 102 cm³/mol. The van der Waals surface area contributed by atoms with Crippen molar-refractivity contribution in [2.75, 3.05) is 39.9 Å². The van der Waals surface area contributed by atoms with Crippen molar-refractivity contribution >= 4 is 17.6 Å². The maximum absolute atomic E-state index is 11.0. The van der Waals surface area contributed by atoms with Crippen molar-refractivity contribution in [1.29, 1.82) is 0 Å². The van der Waals surface area contributed by atoms with E-state index in [-0.39, 0.29) is 6.54 Å². The Balaban J connectivity index is 1.97. The van der Waals surface area contributed by atoms with Crippen LogP contribution in [0.3, 0.4) is 0 Å². The number of carboxylic acid groups (broad SMARTS) is 1. The summed E-state index contributed by atoms with van der Waals surface area (Å²) in [4.78, 5) is 15.4. The van der Waals surface area contributed by atoms with Crippen molar-refractivity contribution < 1.29 is 19.4 Å². The zero-order chi connectivity index (χ0) is 19.1. The first-order valence-corrected chi connectivity index (χ1v) is 9.53. The van der Waals surface area contributed by atoms with Gasteiger partial charge in [-0.1, -0.05) is 18.5 Å². The molecule has 0 atom stereocenters. The van der Waals surface area contributed by atoms with Gasteiger partial charge >= 0.3 is 5.97 Å². The Morgan fingerprint density at radius 3 is 2.58 bits per heavy atom. The van der Waals surface area contributed by atoms with Gasteiger partial charge in [-0.2, -0.15) is 0 Å². The number of aliphatic carboxylic acids is 1. The van der Waals surface area contributed by atoms with Gasteiger partial charge in [0, 0.05) is 12.6 Å². The first-order chi connectivity index (χ1) is 12.5. The molecule has 0 amide bonds. The van der Waals surface area contributed by atoms with Crippen LogP contribution >= 0.6 is 11.6 Å². The fourth-order valence-electron chi connectivity index (χ4n) is 3.55. The smallest absolute Gasteiger partial charge is 0.317 e. The molecule has 2 rings (SSSR count). The Morgan fingerprint density at radius 2 is 2.04 bits per heavy atom. The molecule has 1 N–H and O–H groups in total. The number of likely N-dealkylation sites (N-methyl/N-ethyl adjacent to an activating group) is 1. The van der Waals surface area contributed by atoms with Crippen molar-refractivity contribution in [2.45, 2.75) is 39.3 Å². The maximum atomic E-state index is 11.0. The van der Waals surface area contributed by atoms with Crippen molar-refractivity contribution in [3.8, 4) is 11.5 Å². The van der Waals surface area contributed by atoms with Crippen LogP contribution in [0.15, 0.2) is 12.1 Å². The molecule has 0 aromatic heterocycles. The average Bonchev–Trinajstić information content (AvgIpc) is 2.60. The zero-order valence-electron chi connectivity index (χ0n) is 15.8. The van der Waals surface area contributed by atoms with E-state index in [9.17, 15) is 4.79 Å². The summed E-state index contributed by atoms with van der Waals surface area (Å²) >= 11 is 6.33. The summed E-state index contributed by atoms with van der Waals surface area (Å²) in [7, 11) is 1.59. The summed E-state index contributed by atoms with van der Waals surface area (Å²) in [5, 5.41) is 9.60. The predicted octanol–water partition coefficient (Wildman–Crippen LogP) is 3.12. The van der Waals surface area contributed by atoms with Crippen molar-refractivity contribution in [3.05, 3.63) is 22.7 Å². The number of ether oxygens (including phenoxy) is 2. The van der Waals surface area contributed by atoms with Gasteiger partial charge in [0.05, 0.1) is 25.3 Å². The minimum Gasteiger partial charge on any atom is -0.491 e. The van der Waals surface area contributed by atoms with E-state index in [1.54, 1.807) is 7.11 Å². The Kier molecular flexibility index (Phi) is 8.00. The van der Waals surface area contributed by atoms with Gasteiger partial charge in [0.1, 0.15) is 0 Å². The molecule has 1 saturated heterocycles. The molecule has 0 bridgehead atoms. The van der Waals surface area contributed by atoms with E-state index >= 15 is 0 Å². The first-order valence-electron chi connectivity index (χ1n) is 9.15. The number of hydrogen-bond donors (Lipinski definition) is 1. The number of piperidine rings is 1. The summed E-state index contributed by atoms with van der Waals surface area (Å²) in [5.41, 5.74) is 1.09. The summed E-state index contributed by atoms with van der Waals surface area (Å²) in [6.07, 6.45) is 1.95. The molecule has 0 radical (unpaired) electrons. The number of nitrogens with zero attached hydrogens (tertiary/aromatic N) is 2. The van der Waals surface area contributed by atoms with Crippen LogP contribution in [-0.2, 0) is 11.3 Å². The fourth-order valence-corrected chi connectivity index (χ4v) is 3.86. The minimum atomic E-state index is -0.759. The van der Waals surface area contributed by atoms with Crippen LogP contribution in [0.25, 0.3) is 0 Å². The maximum Gasteiger partial charge on any atom is 0.317 e. The van der Waals surface area contributed by atoms with Crippen LogP contribution in [0.4, 0.5) is 0 Å². The summed E-state index contributed by atoms with van der Waals surface area (Å²) in [5.74, 6) is 0.486. The Labute approximate surface area is 160 Å². The second-order valence-electron chi connectivity index (χ2n) is 6.51. The number of carboxylic acids is 1. The lowest BCUT2D eigenvalue weighted by molar-refractivity contribution is -0.139. The molecule has 0 spiro atoms. The van der Waals surface area contributed by atoms with E-state index in [0.717, 1.165) is 44.6 Å². The number of hydrogen-bond acceptors (Lipinski definition) is 5. The lowest BCUT2D eigenvalue weighted by atomic mass is 10.0. The second kappa shape index (κ2) is 10.00. The number of halogens is 1. The molecule has 26 heavy (non-hydrogen) atoms. The fraction of sp³-hybridized carbons (Fsp3) is 0.632. The van der Waals surface area contributed by atoms with Crippen LogP contribution < -0.4 is 9.47 Å². The summed E-state index contributed by atoms with van der Waals surface area (Å²) < 4.78 is 11.0. The highest BCUT2D eigenvalue weighted by molar-refractivity contribution is 6.32. The van der Waals surface area contributed by atoms with Crippen molar-refractivity contribution in [2.24, 2.45) is 0 Å². The number of rotatable bonds is 9. The highest BCUT2D eigenvalue weighted by Crippen LogP contribution is 2.36. The van der Waals surface area contributed by atoms with Crippen LogP contribution in [0.2, 0.25) is 5.02 Å². The molecule has 7 heteroatoms. The molecule has 0 saturated carbocycles. The Hall–Kier alpha value is -1.50. The molecule has 1 heterocycles. The largest absolute Gasteiger partial charge is 0.491 e. The van der Waals surface area contributed by atoms with E-state index in [0.29, 0.717) is 29.2 Å². The molecule has 1 fully saturated rings. The summed E-state index contributed by atoms with van der Waals surface area (Å²) in [6, 6.07) is 4.26. The van der Waals surface area contributed by atoms with E-state index in [2.05, 4.69) is 9.80 Å². The molecule has 1 aliphatic rings. The van der Waals surface area contributed by atoms with Gasteiger partial charge in [0.25, 0.3) is 0 Å². The molecular formula is C19H29ClN2O4. The zero-order valence-corrected chi connectivity index (χ0v) is 16.6. The molecule has 1 aromatic carbocycles. The third-order valence-corrected chi connectivity index (χ3v) is 5.08. The quantitative estimate of drug-likeness (QED) is 0.705. The van der Waals surface area contributed by atoms with Gasteiger partial charge in [-0.05, 0) is 57.1 Å².